The minimum atomic E-state index is -0.159. The van der Waals surface area contributed by atoms with Crippen LogP contribution in [-0.2, 0) is 0 Å². The van der Waals surface area contributed by atoms with E-state index in [9.17, 15) is 4.39 Å². The minimum absolute atomic E-state index is 0.0316. The highest BCUT2D eigenvalue weighted by Crippen LogP contribution is 2.34. The predicted octanol–water partition coefficient (Wildman–Crippen LogP) is 4.30. The van der Waals surface area contributed by atoms with Gasteiger partial charge in [-0.15, -0.1) is 5.10 Å². The highest BCUT2D eigenvalue weighted by molar-refractivity contribution is 5.49. The maximum Gasteiger partial charge on any atom is 0.173 e. The van der Waals surface area contributed by atoms with Crippen LogP contribution in [0.3, 0.4) is 0 Å². The second-order valence-corrected chi connectivity index (χ2v) is 9.64. The summed E-state index contributed by atoms with van der Waals surface area (Å²) in [4.78, 5) is 6.70. The van der Waals surface area contributed by atoms with Crippen molar-refractivity contribution in [2.45, 2.75) is 44.2 Å². The highest BCUT2D eigenvalue weighted by atomic mass is 19.1. The van der Waals surface area contributed by atoms with Crippen LogP contribution in [0.4, 0.5) is 15.8 Å². The van der Waals surface area contributed by atoms with Crippen LogP contribution in [0.5, 0.6) is 0 Å². The monoisotopic (exact) mass is 463 g/mol. The van der Waals surface area contributed by atoms with Gasteiger partial charge in [0.25, 0.3) is 0 Å². The van der Waals surface area contributed by atoms with Crippen molar-refractivity contribution >= 4 is 11.4 Å². The minimum Gasteiger partial charge on any atom is -0.378 e. The van der Waals surface area contributed by atoms with E-state index in [4.69, 9.17) is 0 Å². The van der Waals surface area contributed by atoms with Gasteiger partial charge in [0, 0.05) is 46.0 Å². The van der Waals surface area contributed by atoms with Crippen LogP contribution < -0.4 is 9.80 Å². The van der Waals surface area contributed by atoms with Crippen molar-refractivity contribution in [1.82, 2.24) is 25.1 Å². The van der Waals surface area contributed by atoms with Crippen LogP contribution in [0.2, 0.25) is 0 Å². The summed E-state index contributed by atoms with van der Waals surface area (Å²) in [7, 11) is 4.11. The summed E-state index contributed by atoms with van der Waals surface area (Å²) in [6.45, 7) is 3.15. The first kappa shape index (κ1) is 22.8. The summed E-state index contributed by atoms with van der Waals surface area (Å²) in [6, 6.07) is 16.1. The van der Waals surface area contributed by atoms with E-state index >= 15 is 0 Å². The standard InChI is InChI=1S/C26H34FN7/c1-31(2)21-14-12-20(13-15-21)25(26-28-29-30-34(26)22-8-4-3-5-9-22)33-18-16-32(17-19-33)24-11-7-6-10-23(24)27/h6-7,10-15,22,25H,3-5,8-9,16-19H2,1-2H3. The van der Waals surface area contributed by atoms with Gasteiger partial charge in [-0.3, -0.25) is 4.90 Å². The van der Waals surface area contributed by atoms with Crippen molar-refractivity contribution in [1.29, 1.82) is 0 Å². The number of hydrogen-bond donors (Lipinski definition) is 0. The Morgan fingerprint density at radius 3 is 2.29 bits per heavy atom. The van der Waals surface area contributed by atoms with Crippen molar-refractivity contribution in [3.8, 4) is 0 Å². The molecule has 7 nitrogen and oxygen atoms in total. The summed E-state index contributed by atoms with van der Waals surface area (Å²) >= 11 is 0. The van der Waals surface area contributed by atoms with Crippen LogP contribution in [0.15, 0.2) is 48.5 Å². The first-order valence-electron chi connectivity index (χ1n) is 12.4. The Morgan fingerprint density at radius 1 is 0.912 bits per heavy atom. The molecule has 0 spiro atoms. The van der Waals surface area contributed by atoms with Gasteiger partial charge in [0.15, 0.2) is 5.82 Å². The molecule has 1 saturated heterocycles. The lowest BCUT2D eigenvalue weighted by Crippen LogP contribution is -2.48. The average Bonchev–Trinajstić information content (AvgIpc) is 3.35. The number of hydrogen-bond acceptors (Lipinski definition) is 6. The molecule has 2 fully saturated rings. The lowest BCUT2D eigenvalue weighted by molar-refractivity contribution is 0.193. The van der Waals surface area contributed by atoms with Gasteiger partial charge in [0.1, 0.15) is 5.82 Å². The van der Waals surface area contributed by atoms with E-state index < -0.39 is 0 Å². The van der Waals surface area contributed by atoms with E-state index in [1.807, 2.05) is 12.1 Å². The Kier molecular flexibility index (Phi) is 6.76. The van der Waals surface area contributed by atoms with Crippen LogP contribution in [0.25, 0.3) is 0 Å². The number of tetrazole rings is 1. The van der Waals surface area contributed by atoms with E-state index in [2.05, 4.69) is 73.3 Å². The van der Waals surface area contributed by atoms with Crippen molar-refractivity contribution in [3.63, 3.8) is 0 Å². The summed E-state index contributed by atoms with van der Waals surface area (Å²) in [6.07, 6.45) is 6.01. The van der Waals surface area contributed by atoms with Crippen molar-refractivity contribution in [2.75, 3.05) is 50.1 Å². The molecular formula is C26H34FN7. The summed E-state index contributed by atoms with van der Waals surface area (Å²) in [5.74, 6) is 0.761. The summed E-state index contributed by atoms with van der Waals surface area (Å²) in [5, 5.41) is 13.2. The Labute approximate surface area is 201 Å². The largest absolute Gasteiger partial charge is 0.378 e. The van der Waals surface area contributed by atoms with Gasteiger partial charge < -0.3 is 9.80 Å². The van der Waals surface area contributed by atoms with Gasteiger partial charge in [-0.05, 0) is 53.1 Å². The van der Waals surface area contributed by atoms with Gasteiger partial charge in [-0.25, -0.2) is 9.07 Å². The summed E-state index contributed by atoms with van der Waals surface area (Å²) < 4.78 is 16.5. The third kappa shape index (κ3) is 4.64. The Morgan fingerprint density at radius 2 is 1.62 bits per heavy atom. The number of para-hydroxylation sites is 1. The fourth-order valence-corrected chi connectivity index (χ4v) is 5.37. The van der Waals surface area contributed by atoms with E-state index in [0.717, 1.165) is 44.8 Å². The quantitative estimate of drug-likeness (QED) is 0.544. The number of rotatable bonds is 6. The van der Waals surface area contributed by atoms with Crippen molar-refractivity contribution < 1.29 is 4.39 Å². The Balaban J connectivity index is 1.44. The molecule has 0 bridgehead atoms. The van der Waals surface area contributed by atoms with Crippen LogP contribution in [-0.4, -0.2) is 65.4 Å². The fourth-order valence-electron chi connectivity index (χ4n) is 5.37. The summed E-state index contributed by atoms with van der Waals surface area (Å²) in [5.41, 5.74) is 3.04. The number of benzene rings is 2. The molecule has 0 amide bonds. The van der Waals surface area contributed by atoms with Gasteiger partial charge in [-0.2, -0.15) is 0 Å². The third-order valence-electron chi connectivity index (χ3n) is 7.28. The van der Waals surface area contributed by atoms with E-state index in [0.29, 0.717) is 11.7 Å². The molecule has 180 valence electrons. The molecule has 0 radical (unpaired) electrons. The molecule has 1 aliphatic heterocycles. The molecule has 5 rings (SSSR count). The first-order chi connectivity index (χ1) is 16.6. The SMILES string of the molecule is CN(C)c1ccc(C(c2nnnn2C2CCCCC2)N2CCN(c3ccccc3F)CC2)cc1. The molecule has 1 unspecified atom stereocenters. The zero-order valence-corrected chi connectivity index (χ0v) is 20.1. The van der Waals surface area contributed by atoms with Gasteiger partial charge in [-0.1, -0.05) is 43.5 Å². The third-order valence-corrected chi connectivity index (χ3v) is 7.28. The normalized spacial score (nSPS) is 18.7. The zero-order valence-electron chi connectivity index (χ0n) is 20.1. The number of anilines is 2. The maximum absolute atomic E-state index is 14.4. The molecule has 2 aromatic carbocycles. The maximum atomic E-state index is 14.4. The Hall–Kier alpha value is -3.00. The van der Waals surface area contributed by atoms with Crippen LogP contribution in [0, 0.1) is 5.82 Å². The lowest BCUT2D eigenvalue weighted by Gasteiger charge is -2.40. The number of halogens is 1. The van der Waals surface area contributed by atoms with Gasteiger partial charge >= 0.3 is 0 Å². The second-order valence-electron chi connectivity index (χ2n) is 9.64. The lowest BCUT2D eigenvalue weighted by atomic mass is 9.95. The van der Waals surface area contributed by atoms with Crippen LogP contribution >= 0.6 is 0 Å². The molecule has 2 aliphatic rings. The predicted molar refractivity (Wildman–Crippen MR) is 133 cm³/mol. The van der Waals surface area contributed by atoms with Gasteiger partial charge in [0.05, 0.1) is 17.8 Å². The molecule has 2 heterocycles. The Bertz CT molecular complexity index is 1070. The first-order valence-corrected chi connectivity index (χ1v) is 12.4. The van der Waals surface area contributed by atoms with Gasteiger partial charge in [0.2, 0.25) is 0 Å². The molecule has 34 heavy (non-hydrogen) atoms. The van der Waals surface area contributed by atoms with Crippen molar-refractivity contribution in [3.05, 3.63) is 65.7 Å². The topological polar surface area (TPSA) is 53.3 Å². The molecule has 8 heteroatoms. The van der Waals surface area contributed by atoms with Crippen molar-refractivity contribution in [2.24, 2.45) is 0 Å². The smallest absolute Gasteiger partial charge is 0.173 e. The number of aromatic nitrogens is 4. The molecular weight excluding hydrogens is 429 g/mol. The number of nitrogens with zero attached hydrogens (tertiary/aromatic N) is 7. The molecule has 1 aliphatic carbocycles. The van der Waals surface area contributed by atoms with Crippen LogP contribution in [0.1, 0.15) is 55.6 Å². The zero-order chi connectivity index (χ0) is 23.5. The highest BCUT2D eigenvalue weighted by Gasteiger charge is 2.33. The molecule has 1 saturated carbocycles. The van der Waals surface area contributed by atoms with E-state index in [-0.39, 0.29) is 11.9 Å². The number of piperazine rings is 1. The average molecular weight is 464 g/mol. The van der Waals surface area contributed by atoms with E-state index in [1.54, 1.807) is 6.07 Å². The molecule has 1 atom stereocenters. The molecule has 0 N–H and O–H groups in total. The fraction of sp³-hybridized carbons (Fsp3) is 0.500. The molecule has 1 aromatic heterocycles. The van der Waals surface area contributed by atoms with E-state index in [1.165, 1.54) is 36.6 Å². The molecule has 3 aromatic rings. The second kappa shape index (κ2) is 10.1.